The average molecular weight is 487 g/mol. The molecule has 5 unspecified atom stereocenters. The lowest BCUT2D eigenvalue weighted by molar-refractivity contribution is -0.179. The number of carbonyl (C=O) groups is 2. The fourth-order valence-corrected chi connectivity index (χ4v) is 5.40. The second kappa shape index (κ2) is 8.75. The summed E-state index contributed by atoms with van der Waals surface area (Å²) in [5.41, 5.74) is -2.08. The highest BCUT2D eigenvalue weighted by Gasteiger charge is 2.69. The van der Waals surface area contributed by atoms with Crippen LogP contribution in [0.5, 0.6) is 0 Å². The summed E-state index contributed by atoms with van der Waals surface area (Å²) < 4.78 is 71.4. The van der Waals surface area contributed by atoms with Gasteiger partial charge in [0.15, 0.2) is 0 Å². The van der Waals surface area contributed by atoms with Gasteiger partial charge in [-0.25, -0.2) is 8.78 Å². The Kier molecular flexibility index (Phi) is 7.19. The number of hydrogen-bond acceptors (Lipinski definition) is 4. The topological polar surface area (TPSA) is 113 Å². The number of carboxylic acids is 2. The number of alkyl halides is 4. The SMILES string of the molecule is CC(C)C1(C(=O)O)C(CN)NC(CF)C(C)(C(=O)O)C1c1c(F)ccc(Cl)c1C(F)(F)F. The Balaban J connectivity index is 3.19. The molecule has 180 valence electrons. The van der Waals surface area contributed by atoms with Gasteiger partial charge in [-0.2, -0.15) is 13.2 Å². The maximum absolute atomic E-state index is 15.2. The first-order chi connectivity index (χ1) is 14.6. The van der Waals surface area contributed by atoms with Crippen molar-refractivity contribution in [3.8, 4) is 0 Å². The molecular weight excluding hydrogens is 463 g/mol. The van der Waals surface area contributed by atoms with Crippen molar-refractivity contribution in [1.82, 2.24) is 5.32 Å². The zero-order valence-electron chi connectivity index (χ0n) is 17.4. The molecule has 2 rings (SSSR count). The number of nitrogens with one attached hydrogen (secondary N) is 1. The van der Waals surface area contributed by atoms with Crippen LogP contribution in [0.1, 0.15) is 37.8 Å². The second-order valence-corrected chi connectivity index (χ2v) is 8.80. The maximum Gasteiger partial charge on any atom is 0.418 e. The summed E-state index contributed by atoms with van der Waals surface area (Å²) in [7, 11) is 0. The first-order valence-electron chi connectivity index (χ1n) is 9.67. The van der Waals surface area contributed by atoms with E-state index < -0.39 is 88.1 Å². The molecule has 0 bridgehead atoms. The Morgan fingerprint density at radius 1 is 1.22 bits per heavy atom. The van der Waals surface area contributed by atoms with Crippen molar-refractivity contribution < 1.29 is 41.8 Å². The third-order valence-corrected chi connectivity index (χ3v) is 6.99. The summed E-state index contributed by atoms with van der Waals surface area (Å²) in [6.45, 7) is 1.73. The number of benzene rings is 1. The second-order valence-electron chi connectivity index (χ2n) is 8.39. The maximum atomic E-state index is 15.2. The molecule has 0 aromatic heterocycles. The minimum atomic E-state index is -5.26. The Bertz CT molecular complexity index is 913. The van der Waals surface area contributed by atoms with Gasteiger partial charge >= 0.3 is 18.1 Å². The quantitative estimate of drug-likeness (QED) is 0.456. The van der Waals surface area contributed by atoms with Gasteiger partial charge in [-0.05, 0) is 25.0 Å². The molecule has 1 aromatic carbocycles. The lowest BCUT2D eigenvalue weighted by Gasteiger charge is -2.58. The molecular formula is C20H24ClF5N2O4. The number of carboxylic acid groups (broad SMARTS) is 2. The van der Waals surface area contributed by atoms with E-state index in [0.29, 0.717) is 12.1 Å². The lowest BCUT2D eigenvalue weighted by Crippen LogP contribution is -2.73. The Morgan fingerprint density at radius 3 is 2.16 bits per heavy atom. The van der Waals surface area contributed by atoms with Gasteiger partial charge in [0.25, 0.3) is 0 Å². The standard InChI is InChI=1S/C20H24ClF5N2O4/c1-8(2)19(17(31)32)12(7-27)28-11(6-22)18(3,16(29)30)15(19)13-10(23)5-4-9(21)14(13)20(24,25)26/h4-5,8,11-12,15,28H,6-7,27H2,1-3H3,(H,29,30)(H,31,32). The summed E-state index contributed by atoms with van der Waals surface area (Å²) >= 11 is 5.77. The summed E-state index contributed by atoms with van der Waals surface area (Å²) in [6.07, 6.45) is -5.26. The summed E-state index contributed by atoms with van der Waals surface area (Å²) in [5, 5.41) is 22.0. The number of nitrogens with two attached hydrogens (primary N) is 1. The molecule has 5 N–H and O–H groups in total. The molecule has 1 aliphatic rings. The van der Waals surface area contributed by atoms with E-state index in [1.54, 1.807) is 0 Å². The first kappa shape index (κ1) is 26.3. The molecule has 0 saturated carbocycles. The highest BCUT2D eigenvalue weighted by Crippen LogP contribution is 2.61. The van der Waals surface area contributed by atoms with E-state index in [-0.39, 0.29) is 0 Å². The molecule has 1 aliphatic heterocycles. The van der Waals surface area contributed by atoms with Gasteiger partial charge in [-0.15, -0.1) is 0 Å². The molecule has 12 heteroatoms. The van der Waals surface area contributed by atoms with Crippen molar-refractivity contribution in [2.75, 3.05) is 13.2 Å². The van der Waals surface area contributed by atoms with Crippen LogP contribution in [0.3, 0.4) is 0 Å². The Morgan fingerprint density at radius 2 is 1.78 bits per heavy atom. The number of aliphatic carboxylic acids is 2. The van der Waals surface area contributed by atoms with E-state index in [0.717, 1.165) is 6.92 Å². The molecule has 6 nitrogen and oxygen atoms in total. The van der Waals surface area contributed by atoms with Crippen molar-refractivity contribution in [3.63, 3.8) is 0 Å². The number of hydrogen-bond donors (Lipinski definition) is 4. The fourth-order valence-electron chi connectivity index (χ4n) is 5.12. The van der Waals surface area contributed by atoms with Crippen LogP contribution in [0.25, 0.3) is 0 Å². The Hall–Kier alpha value is -1.98. The van der Waals surface area contributed by atoms with Crippen LogP contribution < -0.4 is 11.1 Å². The third kappa shape index (κ3) is 3.63. The monoisotopic (exact) mass is 486 g/mol. The first-order valence-corrected chi connectivity index (χ1v) is 10.0. The van der Waals surface area contributed by atoms with Crippen LogP contribution in [-0.4, -0.2) is 47.5 Å². The minimum Gasteiger partial charge on any atom is -0.481 e. The molecule has 1 saturated heterocycles. The molecule has 0 aliphatic carbocycles. The van der Waals surface area contributed by atoms with Crippen LogP contribution in [-0.2, 0) is 15.8 Å². The van der Waals surface area contributed by atoms with Crippen LogP contribution >= 0.6 is 11.6 Å². The number of piperidine rings is 1. The highest BCUT2D eigenvalue weighted by atomic mass is 35.5. The molecule has 1 aromatic rings. The van der Waals surface area contributed by atoms with Crippen LogP contribution in [0, 0.1) is 22.6 Å². The zero-order chi connectivity index (χ0) is 24.8. The normalized spacial score (nSPS) is 31.0. The molecule has 1 heterocycles. The molecule has 1 fully saturated rings. The van der Waals surface area contributed by atoms with Crippen molar-refractivity contribution in [2.24, 2.45) is 22.5 Å². The van der Waals surface area contributed by atoms with Gasteiger partial charge in [0.05, 0.1) is 27.5 Å². The van der Waals surface area contributed by atoms with Gasteiger partial charge < -0.3 is 21.3 Å². The van der Waals surface area contributed by atoms with E-state index in [1.807, 2.05) is 0 Å². The van der Waals surface area contributed by atoms with E-state index in [4.69, 9.17) is 17.3 Å². The van der Waals surface area contributed by atoms with Crippen molar-refractivity contribution >= 4 is 23.5 Å². The van der Waals surface area contributed by atoms with Gasteiger partial charge in [0, 0.05) is 24.1 Å². The van der Waals surface area contributed by atoms with Crippen molar-refractivity contribution in [1.29, 1.82) is 0 Å². The van der Waals surface area contributed by atoms with Crippen molar-refractivity contribution in [2.45, 2.75) is 44.9 Å². The molecule has 0 amide bonds. The number of rotatable bonds is 6. The summed E-state index contributed by atoms with van der Waals surface area (Å²) in [5.74, 6) is -8.23. The predicted molar refractivity (Wildman–Crippen MR) is 106 cm³/mol. The van der Waals surface area contributed by atoms with E-state index in [1.165, 1.54) is 13.8 Å². The van der Waals surface area contributed by atoms with Gasteiger partial charge in [0.1, 0.15) is 12.5 Å². The van der Waals surface area contributed by atoms with Crippen LogP contribution in [0.4, 0.5) is 22.0 Å². The molecule has 0 radical (unpaired) electrons. The average Bonchev–Trinajstić information content (AvgIpc) is 2.67. The third-order valence-electron chi connectivity index (χ3n) is 6.67. The summed E-state index contributed by atoms with van der Waals surface area (Å²) in [6, 6.07) is -1.79. The van der Waals surface area contributed by atoms with Crippen molar-refractivity contribution in [3.05, 3.63) is 34.1 Å². The lowest BCUT2D eigenvalue weighted by atomic mass is 9.48. The fraction of sp³-hybridized carbons (Fsp3) is 0.600. The van der Waals surface area contributed by atoms with Gasteiger partial charge in [0.2, 0.25) is 0 Å². The molecule has 0 spiro atoms. The minimum absolute atomic E-state index is 0.489. The van der Waals surface area contributed by atoms with E-state index in [2.05, 4.69) is 5.32 Å². The number of halogens is 6. The largest absolute Gasteiger partial charge is 0.481 e. The highest BCUT2D eigenvalue weighted by molar-refractivity contribution is 6.31. The predicted octanol–water partition coefficient (Wildman–Crippen LogP) is 3.67. The zero-order valence-corrected chi connectivity index (χ0v) is 18.2. The van der Waals surface area contributed by atoms with Gasteiger partial charge in [-0.3, -0.25) is 9.59 Å². The Labute approximate surface area is 185 Å². The van der Waals surface area contributed by atoms with E-state index in [9.17, 15) is 37.4 Å². The smallest absolute Gasteiger partial charge is 0.418 e. The van der Waals surface area contributed by atoms with Gasteiger partial charge in [-0.1, -0.05) is 25.4 Å². The van der Waals surface area contributed by atoms with Crippen LogP contribution in [0.15, 0.2) is 12.1 Å². The molecule has 5 atom stereocenters. The van der Waals surface area contributed by atoms with Crippen LogP contribution in [0.2, 0.25) is 5.02 Å². The molecule has 32 heavy (non-hydrogen) atoms. The summed E-state index contributed by atoms with van der Waals surface area (Å²) in [4.78, 5) is 25.2. The van der Waals surface area contributed by atoms with E-state index >= 15 is 4.39 Å².